The number of amides is 3. The van der Waals surface area contributed by atoms with Crippen molar-refractivity contribution >= 4 is 23.3 Å². The van der Waals surface area contributed by atoms with Crippen LogP contribution in [0.5, 0.6) is 0 Å². The number of carbonyl (C=O) groups excluding carboxylic acids is 2. The van der Waals surface area contributed by atoms with Crippen molar-refractivity contribution in [1.82, 2.24) is 5.32 Å². The summed E-state index contributed by atoms with van der Waals surface area (Å²) < 4.78 is 0. The Bertz CT molecular complexity index is 699. The highest BCUT2D eigenvalue weighted by Gasteiger charge is 2.11. The summed E-state index contributed by atoms with van der Waals surface area (Å²) in [6.45, 7) is 3.77. The lowest BCUT2D eigenvalue weighted by molar-refractivity contribution is -0.116. The molecule has 1 unspecified atom stereocenters. The van der Waals surface area contributed by atoms with E-state index in [0.717, 1.165) is 5.56 Å². The topological polar surface area (TPSA) is 96.2 Å². The first-order chi connectivity index (χ1) is 11.9. The quantitative estimate of drug-likeness (QED) is 0.650. The highest BCUT2D eigenvalue weighted by molar-refractivity contribution is 5.92. The van der Waals surface area contributed by atoms with Gasteiger partial charge in [-0.1, -0.05) is 30.3 Å². The minimum Gasteiger partial charge on any atom is -0.336 e. The Balaban J connectivity index is 1.86. The molecule has 5 N–H and O–H groups in total. The molecule has 0 spiro atoms. The Morgan fingerprint density at radius 3 is 2.04 bits per heavy atom. The van der Waals surface area contributed by atoms with Crippen molar-refractivity contribution in [3.8, 4) is 0 Å². The lowest BCUT2D eigenvalue weighted by atomic mass is 10.0. The average Bonchev–Trinajstić information content (AvgIpc) is 2.56. The molecule has 25 heavy (non-hydrogen) atoms. The molecular formula is C19H24N4O2. The Kier molecular flexibility index (Phi) is 6.54. The van der Waals surface area contributed by atoms with E-state index in [0.29, 0.717) is 11.4 Å². The first kappa shape index (κ1) is 18.5. The van der Waals surface area contributed by atoms with Crippen LogP contribution in [0, 0.1) is 0 Å². The Morgan fingerprint density at radius 1 is 0.920 bits per heavy atom. The number of carbonyl (C=O) groups is 2. The molecule has 0 saturated heterocycles. The number of hydrogen-bond acceptors (Lipinski definition) is 3. The number of anilines is 2. The van der Waals surface area contributed by atoms with Crippen LogP contribution in [0.15, 0.2) is 54.6 Å². The zero-order valence-corrected chi connectivity index (χ0v) is 14.5. The average molecular weight is 340 g/mol. The van der Waals surface area contributed by atoms with Gasteiger partial charge in [-0.25, -0.2) is 4.79 Å². The maximum Gasteiger partial charge on any atom is 0.319 e. The smallest absolute Gasteiger partial charge is 0.319 e. The van der Waals surface area contributed by atoms with Crippen molar-refractivity contribution in [3.63, 3.8) is 0 Å². The van der Waals surface area contributed by atoms with Gasteiger partial charge in [-0.15, -0.1) is 0 Å². The molecule has 0 fully saturated rings. The second kappa shape index (κ2) is 8.84. The Hall–Kier alpha value is -2.86. The molecule has 132 valence electrons. The molecule has 0 radical (unpaired) electrons. The fourth-order valence-electron chi connectivity index (χ4n) is 2.30. The highest BCUT2D eigenvalue weighted by Crippen LogP contribution is 2.17. The van der Waals surface area contributed by atoms with E-state index in [4.69, 9.17) is 5.73 Å². The number of nitrogens with one attached hydrogen (secondary N) is 3. The lowest BCUT2D eigenvalue weighted by Gasteiger charge is -2.13. The summed E-state index contributed by atoms with van der Waals surface area (Å²) in [5.74, 6) is -0.158. The van der Waals surface area contributed by atoms with E-state index in [-0.39, 0.29) is 30.4 Å². The standard InChI is InChI=1S/C19H24N4O2/c1-13(2)21-19(25)23-16-10-8-15(9-11-16)22-18(24)12-17(20)14-6-4-3-5-7-14/h3-11,13,17H,12,20H2,1-2H3,(H,22,24)(H2,21,23,25). The van der Waals surface area contributed by atoms with E-state index in [1.807, 2.05) is 44.2 Å². The van der Waals surface area contributed by atoms with Gasteiger partial charge < -0.3 is 21.7 Å². The van der Waals surface area contributed by atoms with Crippen LogP contribution in [0.3, 0.4) is 0 Å². The first-order valence-corrected chi connectivity index (χ1v) is 8.22. The molecule has 2 rings (SSSR count). The number of rotatable bonds is 6. The van der Waals surface area contributed by atoms with Crippen LogP contribution in [0.1, 0.15) is 31.9 Å². The van der Waals surface area contributed by atoms with Gasteiger partial charge in [0.25, 0.3) is 0 Å². The lowest BCUT2D eigenvalue weighted by Crippen LogP contribution is -2.34. The summed E-state index contributed by atoms with van der Waals surface area (Å²) in [5, 5.41) is 8.27. The molecular weight excluding hydrogens is 316 g/mol. The van der Waals surface area contributed by atoms with Crippen molar-refractivity contribution in [2.45, 2.75) is 32.4 Å². The summed E-state index contributed by atoms with van der Waals surface area (Å²) in [6, 6.07) is 15.9. The second-order valence-electron chi connectivity index (χ2n) is 6.10. The van der Waals surface area contributed by atoms with Crippen LogP contribution in [0.2, 0.25) is 0 Å². The maximum atomic E-state index is 12.1. The van der Waals surface area contributed by atoms with Crippen molar-refractivity contribution in [3.05, 3.63) is 60.2 Å². The molecule has 6 nitrogen and oxygen atoms in total. The third-order valence-electron chi connectivity index (χ3n) is 3.48. The third kappa shape index (κ3) is 6.27. The van der Waals surface area contributed by atoms with E-state index in [2.05, 4.69) is 16.0 Å². The molecule has 0 aliphatic rings. The molecule has 0 heterocycles. The van der Waals surface area contributed by atoms with E-state index >= 15 is 0 Å². The molecule has 0 aromatic heterocycles. The van der Waals surface area contributed by atoms with Crippen LogP contribution in [0.4, 0.5) is 16.2 Å². The van der Waals surface area contributed by atoms with E-state index in [1.165, 1.54) is 0 Å². The van der Waals surface area contributed by atoms with Crippen molar-refractivity contribution in [2.75, 3.05) is 10.6 Å². The molecule has 2 aromatic rings. The van der Waals surface area contributed by atoms with Gasteiger partial charge >= 0.3 is 6.03 Å². The first-order valence-electron chi connectivity index (χ1n) is 8.22. The van der Waals surface area contributed by atoms with Gasteiger partial charge in [-0.05, 0) is 43.7 Å². The summed E-state index contributed by atoms with van der Waals surface area (Å²) in [6.07, 6.45) is 0.195. The molecule has 6 heteroatoms. The molecule has 2 aromatic carbocycles. The van der Waals surface area contributed by atoms with Gasteiger partial charge in [0.1, 0.15) is 0 Å². The second-order valence-corrected chi connectivity index (χ2v) is 6.10. The van der Waals surface area contributed by atoms with Gasteiger partial charge in [0.15, 0.2) is 0 Å². The minimum atomic E-state index is -0.345. The fraction of sp³-hybridized carbons (Fsp3) is 0.263. The highest BCUT2D eigenvalue weighted by atomic mass is 16.2. The van der Waals surface area contributed by atoms with Crippen LogP contribution in [-0.4, -0.2) is 18.0 Å². The van der Waals surface area contributed by atoms with Gasteiger partial charge in [0.05, 0.1) is 0 Å². The van der Waals surface area contributed by atoms with E-state index in [9.17, 15) is 9.59 Å². The summed E-state index contributed by atoms with van der Waals surface area (Å²) in [7, 11) is 0. The summed E-state index contributed by atoms with van der Waals surface area (Å²) in [5.41, 5.74) is 8.28. The normalized spacial score (nSPS) is 11.7. The maximum absolute atomic E-state index is 12.1. The summed E-state index contributed by atoms with van der Waals surface area (Å²) >= 11 is 0. The predicted octanol–water partition coefficient (Wildman–Crippen LogP) is 3.25. The van der Waals surface area contributed by atoms with Gasteiger partial charge in [0, 0.05) is 29.9 Å². The van der Waals surface area contributed by atoms with Crippen molar-refractivity contribution in [2.24, 2.45) is 5.73 Å². The number of urea groups is 1. The monoisotopic (exact) mass is 340 g/mol. The van der Waals surface area contributed by atoms with Gasteiger partial charge in [-0.2, -0.15) is 0 Å². The summed E-state index contributed by atoms with van der Waals surface area (Å²) in [4.78, 5) is 23.7. The van der Waals surface area contributed by atoms with Gasteiger partial charge in [-0.3, -0.25) is 4.79 Å². The molecule has 3 amide bonds. The number of nitrogens with two attached hydrogens (primary N) is 1. The molecule has 0 aliphatic heterocycles. The minimum absolute atomic E-state index is 0.0624. The molecule has 0 aliphatic carbocycles. The molecule has 0 saturated carbocycles. The fourth-order valence-corrected chi connectivity index (χ4v) is 2.30. The molecule has 1 atom stereocenters. The molecule has 0 bridgehead atoms. The Morgan fingerprint density at radius 2 is 1.48 bits per heavy atom. The number of hydrogen-bond donors (Lipinski definition) is 4. The van der Waals surface area contributed by atoms with Crippen LogP contribution < -0.4 is 21.7 Å². The Labute approximate surface area is 147 Å². The number of benzene rings is 2. The van der Waals surface area contributed by atoms with Crippen molar-refractivity contribution in [1.29, 1.82) is 0 Å². The van der Waals surface area contributed by atoms with Gasteiger partial charge in [0.2, 0.25) is 5.91 Å². The van der Waals surface area contributed by atoms with Crippen LogP contribution in [0.25, 0.3) is 0 Å². The van der Waals surface area contributed by atoms with E-state index < -0.39 is 0 Å². The van der Waals surface area contributed by atoms with E-state index in [1.54, 1.807) is 24.3 Å². The SMILES string of the molecule is CC(C)NC(=O)Nc1ccc(NC(=O)CC(N)c2ccccc2)cc1. The van der Waals surface area contributed by atoms with Crippen LogP contribution >= 0.6 is 0 Å². The predicted molar refractivity (Wildman–Crippen MR) is 100 cm³/mol. The zero-order valence-electron chi connectivity index (χ0n) is 14.5. The largest absolute Gasteiger partial charge is 0.336 e. The third-order valence-corrected chi connectivity index (χ3v) is 3.48. The zero-order chi connectivity index (χ0) is 18.2. The van der Waals surface area contributed by atoms with Crippen LogP contribution in [-0.2, 0) is 4.79 Å². The van der Waals surface area contributed by atoms with Crippen molar-refractivity contribution < 1.29 is 9.59 Å².